The molecule has 4 nitrogen and oxygen atoms in total. The second-order valence-corrected chi connectivity index (χ2v) is 5.38. The van der Waals surface area contributed by atoms with E-state index in [0.717, 1.165) is 25.1 Å². The number of nitrogens with one attached hydrogen (secondary N) is 1. The van der Waals surface area contributed by atoms with E-state index in [9.17, 15) is 4.79 Å². The van der Waals surface area contributed by atoms with Crippen LogP contribution in [0.25, 0.3) is 0 Å². The normalized spacial score (nSPS) is 15.1. The van der Waals surface area contributed by atoms with Crippen LogP contribution in [0.15, 0.2) is 29.3 Å². The van der Waals surface area contributed by atoms with Crippen molar-refractivity contribution in [2.45, 2.75) is 26.7 Å². The summed E-state index contributed by atoms with van der Waals surface area (Å²) in [6.07, 6.45) is 5.87. The first kappa shape index (κ1) is 14.6. The van der Waals surface area contributed by atoms with Crippen LogP contribution in [0.1, 0.15) is 26.7 Å². The summed E-state index contributed by atoms with van der Waals surface area (Å²) in [6.45, 7) is 9.47. The van der Waals surface area contributed by atoms with Crippen LogP contribution in [0.2, 0.25) is 0 Å². The summed E-state index contributed by atoms with van der Waals surface area (Å²) in [4.78, 5) is 15.6. The zero-order chi connectivity index (χ0) is 13.6. The summed E-state index contributed by atoms with van der Waals surface area (Å²) in [5.41, 5.74) is 7.62. The molecule has 1 rings (SSSR count). The maximum Gasteiger partial charge on any atom is 0.233 e. The maximum absolute atomic E-state index is 11.1. The lowest BCUT2D eigenvalue weighted by Gasteiger charge is -2.24. The number of nitrogens with two attached hydrogens (primary N) is 1. The first-order valence-electron chi connectivity index (χ1n) is 6.30. The second-order valence-electron chi connectivity index (χ2n) is 5.38. The van der Waals surface area contributed by atoms with E-state index in [2.05, 4.69) is 36.8 Å². The van der Waals surface area contributed by atoms with Gasteiger partial charge in [0.2, 0.25) is 5.91 Å². The summed E-state index contributed by atoms with van der Waals surface area (Å²) in [5.74, 6) is -0.102. The number of aliphatic imine (C=N–C) groups is 1. The highest BCUT2D eigenvalue weighted by molar-refractivity contribution is 5.97. The predicted octanol–water partition coefficient (Wildman–Crippen LogP) is 1.43. The molecule has 100 valence electrons. The summed E-state index contributed by atoms with van der Waals surface area (Å²) in [5, 5.41) is 2.83. The SMILES string of the molecule is C=CC1=CC(CCC(C)(C)CNC(=O)CN)=NC1. The van der Waals surface area contributed by atoms with Crippen LogP contribution in [0.5, 0.6) is 0 Å². The zero-order valence-electron chi connectivity index (χ0n) is 11.3. The maximum atomic E-state index is 11.1. The van der Waals surface area contributed by atoms with Crippen molar-refractivity contribution >= 4 is 11.6 Å². The number of allylic oxidation sites excluding steroid dienone is 1. The van der Waals surface area contributed by atoms with Crippen molar-refractivity contribution in [2.24, 2.45) is 16.1 Å². The Morgan fingerprint density at radius 2 is 2.39 bits per heavy atom. The van der Waals surface area contributed by atoms with E-state index in [4.69, 9.17) is 5.73 Å². The molecule has 18 heavy (non-hydrogen) atoms. The molecule has 0 unspecified atom stereocenters. The van der Waals surface area contributed by atoms with Gasteiger partial charge in [0.15, 0.2) is 0 Å². The summed E-state index contributed by atoms with van der Waals surface area (Å²) in [6, 6.07) is 0. The highest BCUT2D eigenvalue weighted by Gasteiger charge is 2.19. The third kappa shape index (κ3) is 4.84. The lowest BCUT2D eigenvalue weighted by atomic mass is 9.86. The Morgan fingerprint density at radius 1 is 1.67 bits per heavy atom. The molecule has 0 aromatic heterocycles. The van der Waals surface area contributed by atoms with Crippen molar-refractivity contribution in [3.8, 4) is 0 Å². The van der Waals surface area contributed by atoms with Crippen molar-refractivity contribution in [3.05, 3.63) is 24.3 Å². The quantitative estimate of drug-likeness (QED) is 0.717. The molecule has 1 aliphatic rings. The van der Waals surface area contributed by atoms with E-state index in [0.29, 0.717) is 6.54 Å². The average Bonchev–Trinajstić information content (AvgIpc) is 2.82. The van der Waals surface area contributed by atoms with Gasteiger partial charge in [-0.05, 0) is 29.9 Å². The van der Waals surface area contributed by atoms with Crippen molar-refractivity contribution in [2.75, 3.05) is 19.6 Å². The Hall–Kier alpha value is -1.42. The molecular formula is C14H23N3O. The zero-order valence-corrected chi connectivity index (χ0v) is 11.3. The van der Waals surface area contributed by atoms with Gasteiger partial charge in [-0.15, -0.1) is 0 Å². The van der Waals surface area contributed by atoms with E-state index in [1.54, 1.807) is 0 Å². The number of hydrogen-bond acceptors (Lipinski definition) is 3. The van der Waals surface area contributed by atoms with Gasteiger partial charge < -0.3 is 11.1 Å². The minimum atomic E-state index is -0.102. The molecule has 0 radical (unpaired) electrons. The highest BCUT2D eigenvalue weighted by atomic mass is 16.1. The Morgan fingerprint density at radius 3 is 2.94 bits per heavy atom. The van der Waals surface area contributed by atoms with Crippen LogP contribution < -0.4 is 11.1 Å². The van der Waals surface area contributed by atoms with Crippen LogP contribution >= 0.6 is 0 Å². The first-order valence-corrected chi connectivity index (χ1v) is 6.30. The lowest BCUT2D eigenvalue weighted by Crippen LogP contribution is -2.37. The van der Waals surface area contributed by atoms with Gasteiger partial charge in [0.1, 0.15) is 0 Å². The van der Waals surface area contributed by atoms with Crippen LogP contribution in [-0.2, 0) is 4.79 Å². The standard InChI is InChI=1S/C14H23N3O/c1-4-11-7-12(16-9-11)5-6-14(2,3)10-17-13(18)8-15/h4,7H,1,5-6,8-10,15H2,2-3H3,(H,17,18). The molecule has 0 saturated carbocycles. The number of hydrogen-bond donors (Lipinski definition) is 2. The van der Waals surface area contributed by atoms with Crippen LogP contribution in [0.3, 0.4) is 0 Å². The van der Waals surface area contributed by atoms with Crippen LogP contribution in [0.4, 0.5) is 0 Å². The number of carbonyl (C=O) groups excluding carboxylic acids is 1. The van der Waals surface area contributed by atoms with Crippen LogP contribution in [-0.4, -0.2) is 31.3 Å². The van der Waals surface area contributed by atoms with E-state index >= 15 is 0 Å². The molecule has 0 bridgehead atoms. The predicted molar refractivity (Wildman–Crippen MR) is 75.7 cm³/mol. The first-order chi connectivity index (χ1) is 8.46. The molecule has 3 N–H and O–H groups in total. The van der Waals surface area contributed by atoms with Gasteiger partial charge in [0.25, 0.3) is 0 Å². The second kappa shape index (κ2) is 6.50. The molecule has 0 saturated heterocycles. The van der Waals surface area contributed by atoms with Gasteiger partial charge in [-0.3, -0.25) is 9.79 Å². The molecule has 0 aromatic carbocycles. The van der Waals surface area contributed by atoms with E-state index in [1.807, 2.05) is 6.08 Å². The van der Waals surface area contributed by atoms with Crippen molar-refractivity contribution < 1.29 is 4.79 Å². The number of rotatable bonds is 7. The minimum absolute atomic E-state index is 0.0498. The van der Waals surface area contributed by atoms with Gasteiger partial charge in [-0.2, -0.15) is 0 Å². The summed E-state index contributed by atoms with van der Waals surface area (Å²) in [7, 11) is 0. The summed E-state index contributed by atoms with van der Waals surface area (Å²) >= 11 is 0. The Kier molecular flexibility index (Phi) is 5.28. The molecule has 0 aromatic rings. The van der Waals surface area contributed by atoms with Gasteiger partial charge in [0, 0.05) is 12.3 Å². The number of nitrogens with zero attached hydrogens (tertiary/aromatic N) is 1. The monoisotopic (exact) mass is 249 g/mol. The third-order valence-electron chi connectivity index (χ3n) is 3.09. The summed E-state index contributed by atoms with van der Waals surface area (Å²) < 4.78 is 0. The highest BCUT2D eigenvalue weighted by Crippen LogP contribution is 2.23. The fourth-order valence-electron chi connectivity index (χ4n) is 1.74. The van der Waals surface area contributed by atoms with E-state index < -0.39 is 0 Å². The molecule has 0 fully saturated rings. The lowest BCUT2D eigenvalue weighted by molar-refractivity contribution is -0.120. The van der Waals surface area contributed by atoms with Gasteiger partial charge in [-0.1, -0.05) is 26.5 Å². The largest absolute Gasteiger partial charge is 0.354 e. The van der Waals surface area contributed by atoms with Crippen molar-refractivity contribution in [1.82, 2.24) is 5.32 Å². The minimum Gasteiger partial charge on any atom is -0.354 e. The molecule has 4 heteroatoms. The van der Waals surface area contributed by atoms with Crippen molar-refractivity contribution in [3.63, 3.8) is 0 Å². The topological polar surface area (TPSA) is 67.5 Å². The van der Waals surface area contributed by atoms with Crippen LogP contribution in [0, 0.1) is 5.41 Å². The fraction of sp³-hybridized carbons (Fsp3) is 0.571. The molecule has 0 spiro atoms. The van der Waals surface area contributed by atoms with Gasteiger partial charge in [0.05, 0.1) is 13.1 Å². The smallest absolute Gasteiger partial charge is 0.233 e. The molecule has 1 amide bonds. The van der Waals surface area contributed by atoms with E-state index in [1.165, 1.54) is 5.57 Å². The average molecular weight is 249 g/mol. The number of carbonyl (C=O) groups is 1. The Balaban J connectivity index is 2.35. The molecule has 0 aliphatic carbocycles. The fourth-order valence-corrected chi connectivity index (χ4v) is 1.74. The van der Waals surface area contributed by atoms with E-state index in [-0.39, 0.29) is 17.9 Å². The van der Waals surface area contributed by atoms with Gasteiger partial charge >= 0.3 is 0 Å². The Bertz CT molecular complexity index is 381. The molecule has 1 aliphatic heterocycles. The number of amides is 1. The third-order valence-corrected chi connectivity index (χ3v) is 3.09. The molecule has 1 heterocycles. The molecular weight excluding hydrogens is 226 g/mol. The van der Waals surface area contributed by atoms with Gasteiger partial charge in [-0.25, -0.2) is 0 Å². The van der Waals surface area contributed by atoms with Crippen molar-refractivity contribution in [1.29, 1.82) is 0 Å². The molecule has 0 atom stereocenters. The Labute approximate surface area is 109 Å².